The number of halogens is 4. The molecule has 0 unspecified atom stereocenters. The summed E-state index contributed by atoms with van der Waals surface area (Å²) in [5, 5.41) is 7.15. The van der Waals surface area contributed by atoms with Crippen LogP contribution in [0.5, 0.6) is 0 Å². The Hall–Kier alpha value is -2.55. The molecule has 0 saturated heterocycles. The average molecular weight is 430 g/mol. The van der Waals surface area contributed by atoms with Gasteiger partial charge in [-0.15, -0.1) is 0 Å². The summed E-state index contributed by atoms with van der Waals surface area (Å²) in [6.07, 6.45) is -4.38. The first-order valence-electron chi connectivity index (χ1n) is 7.48. The molecule has 0 aromatic heterocycles. The topological polar surface area (TPSA) is 70.2 Å². The van der Waals surface area contributed by atoms with Gasteiger partial charge in [-0.1, -0.05) is 34.1 Å². The third kappa shape index (κ3) is 6.40. The molecule has 26 heavy (non-hydrogen) atoms. The first-order chi connectivity index (χ1) is 12.2. The highest BCUT2D eigenvalue weighted by atomic mass is 79.9. The van der Waals surface area contributed by atoms with Crippen LogP contribution in [0.3, 0.4) is 0 Å². The number of nitrogens with one attached hydrogen (secondary N) is 3. The van der Waals surface area contributed by atoms with Gasteiger partial charge in [-0.2, -0.15) is 13.2 Å². The number of hydrogen-bond acceptors (Lipinski definition) is 3. The van der Waals surface area contributed by atoms with E-state index in [-0.39, 0.29) is 17.9 Å². The normalized spacial score (nSPS) is 10.9. The summed E-state index contributed by atoms with van der Waals surface area (Å²) in [5.74, 6) is -1.00. The Morgan fingerprint density at radius 3 is 2.35 bits per heavy atom. The van der Waals surface area contributed by atoms with E-state index in [0.717, 1.165) is 4.47 Å². The predicted octanol–water partition coefficient (Wildman–Crippen LogP) is 3.79. The summed E-state index contributed by atoms with van der Waals surface area (Å²) >= 11 is 3.24. The highest BCUT2D eigenvalue weighted by Crippen LogP contribution is 2.23. The van der Waals surface area contributed by atoms with Crippen molar-refractivity contribution in [3.05, 3.63) is 58.6 Å². The highest BCUT2D eigenvalue weighted by molar-refractivity contribution is 9.10. The second kappa shape index (κ2) is 8.70. The lowest BCUT2D eigenvalue weighted by Gasteiger charge is -2.14. The molecule has 0 spiro atoms. The molecule has 5 nitrogen and oxygen atoms in total. The molecular weight excluding hydrogens is 415 g/mol. The zero-order chi connectivity index (χ0) is 19.2. The highest BCUT2D eigenvalue weighted by Gasteiger charge is 2.27. The van der Waals surface area contributed by atoms with Gasteiger partial charge in [0.2, 0.25) is 5.91 Å². The predicted molar refractivity (Wildman–Crippen MR) is 96.1 cm³/mol. The van der Waals surface area contributed by atoms with Crippen LogP contribution in [0.4, 0.5) is 24.5 Å². The van der Waals surface area contributed by atoms with Crippen molar-refractivity contribution in [3.8, 4) is 0 Å². The SMILES string of the molecule is O=C(CNC(=O)c1cccc(Br)c1)Nc1ccccc1NCC(F)(F)F. The summed E-state index contributed by atoms with van der Waals surface area (Å²) < 4.78 is 37.7. The van der Waals surface area contributed by atoms with Crippen molar-refractivity contribution in [3.63, 3.8) is 0 Å². The van der Waals surface area contributed by atoms with Crippen LogP contribution in [0.2, 0.25) is 0 Å². The fraction of sp³-hybridized carbons (Fsp3) is 0.176. The monoisotopic (exact) mass is 429 g/mol. The number of hydrogen-bond donors (Lipinski definition) is 3. The number of carbonyl (C=O) groups excluding carboxylic acids is 2. The molecule has 0 radical (unpaired) electrons. The summed E-state index contributed by atoms with van der Waals surface area (Å²) in [5.41, 5.74) is 0.703. The Bertz CT molecular complexity index is 797. The van der Waals surface area contributed by atoms with E-state index >= 15 is 0 Å². The van der Waals surface area contributed by atoms with Crippen LogP contribution in [-0.2, 0) is 4.79 Å². The van der Waals surface area contributed by atoms with E-state index in [4.69, 9.17) is 0 Å². The number of rotatable bonds is 6. The van der Waals surface area contributed by atoms with Crippen LogP contribution in [0.25, 0.3) is 0 Å². The lowest BCUT2D eigenvalue weighted by molar-refractivity contribution is -0.115. The smallest absolute Gasteiger partial charge is 0.375 e. The molecule has 9 heteroatoms. The molecule has 0 bridgehead atoms. The van der Waals surface area contributed by atoms with Crippen molar-refractivity contribution in [1.82, 2.24) is 5.32 Å². The van der Waals surface area contributed by atoms with Crippen LogP contribution in [0.15, 0.2) is 53.0 Å². The largest absolute Gasteiger partial charge is 0.405 e. The molecule has 138 valence electrons. The molecule has 0 aliphatic rings. The summed E-state index contributed by atoms with van der Waals surface area (Å²) in [4.78, 5) is 24.0. The van der Waals surface area contributed by atoms with E-state index in [1.54, 1.807) is 36.4 Å². The van der Waals surface area contributed by atoms with Gasteiger partial charge in [-0.25, -0.2) is 0 Å². The zero-order valence-electron chi connectivity index (χ0n) is 13.4. The third-order valence-corrected chi connectivity index (χ3v) is 3.67. The Balaban J connectivity index is 1.92. The standard InChI is InChI=1S/C17H15BrF3N3O2/c18-12-5-3-4-11(8-12)16(26)22-9-15(25)24-14-7-2-1-6-13(14)23-10-17(19,20)21/h1-8,23H,9-10H2,(H,22,26)(H,24,25). The molecule has 2 aromatic carbocycles. The van der Waals surface area contributed by atoms with Gasteiger partial charge >= 0.3 is 6.18 Å². The molecule has 0 heterocycles. The number of anilines is 2. The lowest BCUT2D eigenvalue weighted by atomic mass is 10.2. The Morgan fingerprint density at radius 1 is 1.00 bits per heavy atom. The maximum Gasteiger partial charge on any atom is 0.405 e. The number of benzene rings is 2. The second-order valence-electron chi connectivity index (χ2n) is 5.26. The molecular formula is C17H15BrF3N3O2. The summed E-state index contributed by atoms with van der Waals surface area (Å²) in [6, 6.07) is 12.6. The molecule has 3 N–H and O–H groups in total. The molecule has 0 saturated carbocycles. The van der Waals surface area contributed by atoms with Crippen molar-refractivity contribution in [2.45, 2.75) is 6.18 Å². The lowest BCUT2D eigenvalue weighted by Crippen LogP contribution is -2.33. The fourth-order valence-corrected chi connectivity index (χ4v) is 2.43. The third-order valence-electron chi connectivity index (χ3n) is 3.18. The molecule has 2 amide bonds. The maximum atomic E-state index is 12.3. The molecule has 0 atom stereocenters. The molecule has 2 aromatic rings. The van der Waals surface area contributed by atoms with Gasteiger partial charge in [0, 0.05) is 10.0 Å². The van der Waals surface area contributed by atoms with Gasteiger partial charge in [0.15, 0.2) is 0 Å². The van der Waals surface area contributed by atoms with E-state index in [0.29, 0.717) is 5.56 Å². The van der Waals surface area contributed by atoms with Crippen LogP contribution in [0.1, 0.15) is 10.4 Å². The minimum absolute atomic E-state index is 0.136. The van der Waals surface area contributed by atoms with E-state index in [1.807, 2.05) is 0 Å². The average Bonchev–Trinajstić information content (AvgIpc) is 2.58. The van der Waals surface area contributed by atoms with Gasteiger partial charge in [-0.3, -0.25) is 9.59 Å². The van der Waals surface area contributed by atoms with E-state index in [9.17, 15) is 22.8 Å². The number of alkyl halides is 3. The number of amides is 2. The van der Waals surface area contributed by atoms with Crippen LogP contribution in [0, 0.1) is 0 Å². The van der Waals surface area contributed by atoms with Gasteiger partial charge in [0.25, 0.3) is 5.91 Å². The van der Waals surface area contributed by atoms with Gasteiger partial charge in [0.1, 0.15) is 6.54 Å². The van der Waals surface area contributed by atoms with Crippen molar-refractivity contribution in [2.24, 2.45) is 0 Å². The Labute approximate surface area is 156 Å². The zero-order valence-corrected chi connectivity index (χ0v) is 14.9. The van der Waals surface area contributed by atoms with Crippen molar-refractivity contribution in [1.29, 1.82) is 0 Å². The summed E-state index contributed by atoms with van der Waals surface area (Å²) in [7, 11) is 0. The van der Waals surface area contributed by atoms with E-state index in [2.05, 4.69) is 31.9 Å². The summed E-state index contributed by atoms with van der Waals surface area (Å²) in [6.45, 7) is -1.54. The van der Waals surface area contributed by atoms with Crippen LogP contribution >= 0.6 is 15.9 Å². The first-order valence-corrected chi connectivity index (χ1v) is 8.27. The number of para-hydroxylation sites is 2. The van der Waals surface area contributed by atoms with Gasteiger partial charge in [0.05, 0.1) is 17.9 Å². The number of carbonyl (C=O) groups is 2. The Kier molecular flexibility index (Phi) is 6.62. The first kappa shape index (κ1) is 19.8. The Morgan fingerprint density at radius 2 is 1.69 bits per heavy atom. The van der Waals surface area contributed by atoms with E-state index < -0.39 is 24.5 Å². The second-order valence-corrected chi connectivity index (χ2v) is 6.17. The van der Waals surface area contributed by atoms with Crippen LogP contribution < -0.4 is 16.0 Å². The minimum atomic E-state index is -4.38. The van der Waals surface area contributed by atoms with Crippen molar-refractivity contribution < 1.29 is 22.8 Å². The quantitative estimate of drug-likeness (QED) is 0.653. The van der Waals surface area contributed by atoms with Crippen LogP contribution in [-0.4, -0.2) is 31.1 Å². The van der Waals surface area contributed by atoms with E-state index in [1.165, 1.54) is 12.1 Å². The minimum Gasteiger partial charge on any atom is -0.375 e. The van der Waals surface area contributed by atoms with Gasteiger partial charge in [-0.05, 0) is 30.3 Å². The molecule has 0 aliphatic heterocycles. The molecule has 0 aliphatic carbocycles. The maximum absolute atomic E-state index is 12.3. The fourth-order valence-electron chi connectivity index (χ4n) is 2.03. The van der Waals surface area contributed by atoms with Gasteiger partial charge < -0.3 is 16.0 Å². The molecule has 2 rings (SSSR count). The van der Waals surface area contributed by atoms with Crippen molar-refractivity contribution in [2.75, 3.05) is 23.7 Å². The van der Waals surface area contributed by atoms with Crippen molar-refractivity contribution >= 4 is 39.1 Å². The molecule has 0 fully saturated rings.